The van der Waals surface area contributed by atoms with E-state index < -0.39 is 5.60 Å². The van der Waals surface area contributed by atoms with Gasteiger partial charge in [-0.15, -0.1) is 0 Å². The molecular weight excluding hydrogens is 228 g/mol. The summed E-state index contributed by atoms with van der Waals surface area (Å²) in [6, 6.07) is 7.07. The first-order chi connectivity index (χ1) is 8.59. The average molecular weight is 248 g/mol. The zero-order chi connectivity index (χ0) is 13.0. The summed E-state index contributed by atoms with van der Waals surface area (Å²) in [5, 5.41) is 10.3. The molecular formula is C15H20O3. The second-order valence-electron chi connectivity index (χ2n) is 5.15. The molecule has 1 fully saturated rings. The van der Waals surface area contributed by atoms with Crippen molar-refractivity contribution >= 4 is 5.78 Å². The van der Waals surface area contributed by atoms with Crippen molar-refractivity contribution in [2.24, 2.45) is 0 Å². The predicted octanol–water partition coefficient (Wildman–Crippen LogP) is 2.96. The topological polar surface area (TPSA) is 46.5 Å². The van der Waals surface area contributed by atoms with Crippen LogP contribution in [0.1, 0.15) is 49.4 Å². The van der Waals surface area contributed by atoms with E-state index in [4.69, 9.17) is 4.74 Å². The maximum Gasteiger partial charge on any atom is 0.159 e. The van der Waals surface area contributed by atoms with Gasteiger partial charge in [-0.2, -0.15) is 0 Å². The third kappa shape index (κ3) is 3.33. The number of benzene rings is 1. The van der Waals surface area contributed by atoms with Gasteiger partial charge in [-0.05, 0) is 44.0 Å². The Balaban J connectivity index is 1.91. The van der Waals surface area contributed by atoms with E-state index in [0.29, 0.717) is 17.9 Å². The van der Waals surface area contributed by atoms with Gasteiger partial charge in [-0.25, -0.2) is 0 Å². The number of hydrogen-bond acceptors (Lipinski definition) is 3. The zero-order valence-electron chi connectivity index (χ0n) is 10.8. The Labute approximate surface area is 108 Å². The van der Waals surface area contributed by atoms with Crippen molar-refractivity contribution < 1.29 is 14.6 Å². The summed E-state index contributed by atoms with van der Waals surface area (Å²) in [7, 11) is 0. The van der Waals surface area contributed by atoms with Crippen LogP contribution < -0.4 is 4.74 Å². The van der Waals surface area contributed by atoms with E-state index in [1.54, 1.807) is 31.2 Å². The Morgan fingerprint density at radius 2 is 1.83 bits per heavy atom. The van der Waals surface area contributed by atoms with E-state index in [0.717, 1.165) is 25.7 Å². The number of carbonyl (C=O) groups is 1. The summed E-state index contributed by atoms with van der Waals surface area (Å²) < 4.78 is 5.62. The highest BCUT2D eigenvalue weighted by molar-refractivity contribution is 5.94. The number of rotatable bonds is 4. The first-order valence-electron chi connectivity index (χ1n) is 6.55. The molecule has 0 spiro atoms. The number of aliphatic hydroxyl groups is 1. The minimum atomic E-state index is -0.669. The molecule has 1 aromatic carbocycles. The van der Waals surface area contributed by atoms with Crippen LogP contribution in [-0.2, 0) is 0 Å². The lowest BCUT2D eigenvalue weighted by Crippen LogP contribution is -2.37. The quantitative estimate of drug-likeness (QED) is 0.833. The molecule has 3 nitrogen and oxygen atoms in total. The van der Waals surface area contributed by atoms with Crippen LogP contribution in [0.15, 0.2) is 24.3 Å². The predicted molar refractivity (Wildman–Crippen MR) is 70.0 cm³/mol. The van der Waals surface area contributed by atoms with Gasteiger partial charge in [-0.3, -0.25) is 4.79 Å². The first kappa shape index (κ1) is 13.1. The lowest BCUT2D eigenvalue weighted by molar-refractivity contribution is -0.0339. The molecule has 0 saturated heterocycles. The largest absolute Gasteiger partial charge is 0.491 e. The van der Waals surface area contributed by atoms with Gasteiger partial charge in [0.15, 0.2) is 5.78 Å². The molecule has 0 aliphatic heterocycles. The molecule has 1 aliphatic carbocycles. The summed E-state index contributed by atoms with van der Waals surface area (Å²) in [4.78, 5) is 11.1. The van der Waals surface area contributed by atoms with Crippen LogP contribution in [0.25, 0.3) is 0 Å². The Morgan fingerprint density at radius 3 is 2.39 bits per heavy atom. The third-order valence-electron chi connectivity index (χ3n) is 3.55. The van der Waals surface area contributed by atoms with Crippen molar-refractivity contribution in [3.05, 3.63) is 29.8 Å². The number of ether oxygens (including phenoxy) is 1. The highest BCUT2D eigenvalue weighted by Gasteiger charge is 2.29. The Morgan fingerprint density at radius 1 is 1.22 bits per heavy atom. The summed E-state index contributed by atoms with van der Waals surface area (Å²) in [6.07, 6.45) is 4.99. The van der Waals surface area contributed by atoms with Gasteiger partial charge >= 0.3 is 0 Å². The van der Waals surface area contributed by atoms with Gasteiger partial charge in [0, 0.05) is 5.56 Å². The van der Waals surface area contributed by atoms with Crippen LogP contribution in [-0.4, -0.2) is 23.1 Å². The number of Topliss-reactive ketones (excluding diaryl/α,β-unsaturated/α-hetero) is 1. The van der Waals surface area contributed by atoms with E-state index in [9.17, 15) is 9.90 Å². The molecule has 1 saturated carbocycles. The minimum Gasteiger partial charge on any atom is -0.491 e. The Bertz CT molecular complexity index is 402. The standard InChI is InChI=1S/C15H20O3/c1-12(16)13-5-7-14(8-6-13)18-11-15(17)9-3-2-4-10-15/h5-8,17H,2-4,9-11H2,1H3. The lowest BCUT2D eigenvalue weighted by Gasteiger charge is -2.31. The van der Waals surface area contributed by atoms with Crippen LogP contribution in [0.5, 0.6) is 5.75 Å². The van der Waals surface area contributed by atoms with Gasteiger partial charge in [-0.1, -0.05) is 19.3 Å². The van der Waals surface area contributed by atoms with Crippen LogP contribution in [0.3, 0.4) is 0 Å². The van der Waals surface area contributed by atoms with Crippen LogP contribution in [0.4, 0.5) is 0 Å². The Hall–Kier alpha value is -1.35. The van der Waals surface area contributed by atoms with Crippen molar-refractivity contribution in [2.75, 3.05) is 6.61 Å². The summed E-state index contributed by atoms with van der Waals surface area (Å²) in [5.41, 5.74) is 0.0102. The van der Waals surface area contributed by atoms with Gasteiger partial charge < -0.3 is 9.84 Å². The molecule has 0 radical (unpaired) electrons. The van der Waals surface area contributed by atoms with Crippen molar-refractivity contribution in [2.45, 2.75) is 44.6 Å². The smallest absolute Gasteiger partial charge is 0.159 e. The van der Waals surface area contributed by atoms with E-state index in [1.807, 2.05) is 0 Å². The highest BCUT2D eigenvalue weighted by Crippen LogP contribution is 2.28. The highest BCUT2D eigenvalue weighted by atomic mass is 16.5. The average Bonchev–Trinajstić information content (AvgIpc) is 2.38. The fourth-order valence-electron chi connectivity index (χ4n) is 2.36. The molecule has 98 valence electrons. The molecule has 1 aliphatic rings. The monoisotopic (exact) mass is 248 g/mol. The zero-order valence-corrected chi connectivity index (χ0v) is 10.8. The first-order valence-corrected chi connectivity index (χ1v) is 6.55. The van der Waals surface area contributed by atoms with Gasteiger partial charge in [0.05, 0.1) is 5.60 Å². The molecule has 0 amide bonds. The molecule has 18 heavy (non-hydrogen) atoms. The second-order valence-corrected chi connectivity index (χ2v) is 5.15. The third-order valence-corrected chi connectivity index (χ3v) is 3.55. The molecule has 1 N–H and O–H groups in total. The van der Waals surface area contributed by atoms with Crippen LogP contribution >= 0.6 is 0 Å². The summed E-state index contributed by atoms with van der Waals surface area (Å²) >= 11 is 0. The molecule has 2 rings (SSSR count). The second kappa shape index (κ2) is 5.53. The normalized spacial score (nSPS) is 18.3. The Kier molecular flexibility index (Phi) is 4.02. The number of ketones is 1. The van der Waals surface area contributed by atoms with E-state index >= 15 is 0 Å². The number of carbonyl (C=O) groups excluding carboxylic acids is 1. The van der Waals surface area contributed by atoms with Crippen molar-refractivity contribution in [3.63, 3.8) is 0 Å². The molecule has 1 aromatic rings. The molecule has 0 atom stereocenters. The van der Waals surface area contributed by atoms with Crippen molar-refractivity contribution in [3.8, 4) is 5.75 Å². The molecule has 0 bridgehead atoms. The number of hydrogen-bond donors (Lipinski definition) is 1. The molecule has 3 heteroatoms. The molecule has 0 unspecified atom stereocenters. The lowest BCUT2D eigenvalue weighted by atomic mass is 9.85. The molecule has 0 aromatic heterocycles. The minimum absolute atomic E-state index is 0.0486. The van der Waals surface area contributed by atoms with Gasteiger partial charge in [0.2, 0.25) is 0 Å². The maximum atomic E-state index is 11.1. The van der Waals surface area contributed by atoms with E-state index in [1.165, 1.54) is 6.42 Å². The SMILES string of the molecule is CC(=O)c1ccc(OCC2(O)CCCCC2)cc1. The van der Waals surface area contributed by atoms with E-state index in [2.05, 4.69) is 0 Å². The fraction of sp³-hybridized carbons (Fsp3) is 0.533. The van der Waals surface area contributed by atoms with Crippen LogP contribution in [0, 0.1) is 0 Å². The molecule has 0 heterocycles. The van der Waals surface area contributed by atoms with Crippen LogP contribution in [0.2, 0.25) is 0 Å². The maximum absolute atomic E-state index is 11.1. The summed E-state index contributed by atoms with van der Waals surface area (Å²) in [6.45, 7) is 1.88. The van der Waals surface area contributed by atoms with E-state index in [-0.39, 0.29) is 5.78 Å². The van der Waals surface area contributed by atoms with Crippen molar-refractivity contribution in [1.29, 1.82) is 0 Å². The van der Waals surface area contributed by atoms with Crippen molar-refractivity contribution in [1.82, 2.24) is 0 Å². The van der Waals surface area contributed by atoms with Gasteiger partial charge in [0.25, 0.3) is 0 Å². The fourth-order valence-corrected chi connectivity index (χ4v) is 2.36. The summed E-state index contributed by atoms with van der Waals surface area (Å²) in [5.74, 6) is 0.756. The van der Waals surface area contributed by atoms with Gasteiger partial charge in [0.1, 0.15) is 12.4 Å².